The van der Waals surface area contributed by atoms with E-state index in [1.165, 1.54) is 12.1 Å². The lowest BCUT2D eigenvalue weighted by atomic mass is 10.2. The highest BCUT2D eigenvalue weighted by atomic mass is 32.2. The highest BCUT2D eigenvalue weighted by Crippen LogP contribution is 2.11. The third-order valence-electron chi connectivity index (χ3n) is 2.28. The summed E-state index contributed by atoms with van der Waals surface area (Å²) in [4.78, 5) is 15.2. The number of carboxylic acids is 1. The number of aryl methyl sites for hydroxylation is 1. The summed E-state index contributed by atoms with van der Waals surface area (Å²) in [5.41, 5.74) is 0.823. The number of aromatic nitrogens is 1. The third kappa shape index (κ3) is 5.66. The van der Waals surface area contributed by atoms with E-state index in [9.17, 15) is 13.2 Å². The zero-order valence-electron chi connectivity index (χ0n) is 10.8. The Kier molecular flexibility index (Phi) is 5.25. The molecule has 0 unspecified atom stereocenters. The first kappa shape index (κ1) is 15.4. The van der Waals surface area contributed by atoms with E-state index in [0.717, 1.165) is 6.26 Å². The molecule has 1 heterocycles. The zero-order chi connectivity index (χ0) is 14.5. The van der Waals surface area contributed by atoms with Gasteiger partial charge >= 0.3 is 5.97 Å². The fourth-order valence-electron chi connectivity index (χ4n) is 1.41. The standard InChI is InChI=1S/C11H17N3O4S/c1-3-9-6-8(11(15)16)7-10(14-9)12-4-5-13-19(2,17)18/h6-7,13H,3-5H2,1-2H3,(H,12,14)(H,15,16). The second kappa shape index (κ2) is 6.48. The summed E-state index contributed by atoms with van der Waals surface area (Å²) in [6.45, 7) is 2.41. The second-order valence-electron chi connectivity index (χ2n) is 3.98. The Hall–Kier alpha value is -1.67. The minimum Gasteiger partial charge on any atom is -0.478 e. The molecule has 0 radical (unpaired) electrons. The Morgan fingerprint density at radius 1 is 1.37 bits per heavy atom. The monoisotopic (exact) mass is 287 g/mol. The number of anilines is 1. The number of nitrogens with zero attached hydrogens (tertiary/aromatic N) is 1. The molecule has 8 heteroatoms. The summed E-state index contributed by atoms with van der Waals surface area (Å²) in [6, 6.07) is 2.93. The van der Waals surface area contributed by atoms with Gasteiger partial charge in [-0.05, 0) is 18.6 Å². The molecule has 3 N–H and O–H groups in total. The molecular weight excluding hydrogens is 270 g/mol. The molecule has 1 aromatic rings. The maximum Gasteiger partial charge on any atom is 0.335 e. The van der Waals surface area contributed by atoms with E-state index in [4.69, 9.17) is 5.11 Å². The van der Waals surface area contributed by atoms with Crippen LogP contribution in [0.2, 0.25) is 0 Å². The van der Waals surface area contributed by atoms with Crippen LogP contribution in [0.3, 0.4) is 0 Å². The molecular formula is C11H17N3O4S. The van der Waals surface area contributed by atoms with E-state index in [1.54, 1.807) is 0 Å². The molecule has 0 amide bonds. The van der Waals surface area contributed by atoms with Crippen molar-refractivity contribution in [1.29, 1.82) is 0 Å². The summed E-state index contributed by atoms with van der Waals surface area (Å²) in [6.07, 6.45) is 1.70. The normalized spacial score (nSPS) is 11.3. The number of nitrogens with one attached hydrogen (secondary N) is 2. The predicted octanol–water partition coefficient (Wildman–Crippen LogP) is 0.303. The maximum atomic E-state index is 10.9. The van der Waals surface area contributed by atoms with Crippen LogP contribution in [-0.2, 0) is 16.4 Å². The number of hydrogen-bond acceptors (Lipinski definition) is 5. The van der Waals surface area contributed by atoms with Crippen LogP contribution in [0, 0.1) is 0 Å². The fraction of sp³-hybridized carbons (Fsp3) is 0.455. The van der Waals surface area contributed by atoms with Gasteiger partial charge in [-0.3, -0.25) is 0 Å². The lowest BCUT2D eigenvalue weighted by molar-refractivity contribution is 0.0696. The van der Waals surface area contributed by atoms with E-state index >= 15 is 0 Å². The van der Waals surface area contributed by atoms with Crippen LogP contribution in [0.15, 0.2) is 12.1 Å². The molecule has 0 aliphatic rings. The van der Waals surface area contributed by atoms with Gasteiger partial charge in [0.1, 0.15) is 5.82 Å². The summed E-state index contributed by atoms with van der Waals surface area (Å²) in [7, 11) is -3.22. The first-order valence-corrected chi connectivity index (χ1v) is 7.63. The van der Waals surface area contributed by atoms with Gasteiger partial charge in [-0.15, -0.1) is 0 Å². The topological polar surface area (TPSA) is 108 Å². The Balaban J connectivity index is 2.67. The molecule has 19 heavy (non-hydrogen) atoms. The number of hydrogen-bond donors (Lipinski definition) is 3. The average Bonchev–Trinajstić information content (AvgIpc) is 2.33. The van der Waals surface area contributed by atoms with Crippen LogP contribution in [0.5, 0.6) is 0 Å². The number of carboxylic acid groups (broad SMARTS) is 1. The number of carbonyl (C=O) groups is 1. The van der Waals surface area contributed by atoms with Crippen molar-refractivity contribution in [2.45, 2.75) is 13.3 Å². The number of pyridine rings is 1. The Labute approximate surface area is 112 Å². The zero-order valence-corrected chi connectivity index (χ0v) is 11.6. The van der Waals surface area contributed by atoms with Gasteiger partial charge < -0.3 is 10.4 Å². The van der Waals surface area contributed by atoms with Gasteiger partial charge in [0.05, 0.1) is 11.8 Å². The molecule has 0 aliphatic carbocycles. The smallest absolute Gasteiger partial charge is 0.335 e. The average molecular weight is 287 g/mol. The van der Waals surface area contributed by atoms with Crippen molar-refractivity contribution < 1.29 is 18.3 Å². The van der Waals surface area contributed by atoms with Gasteiger partial charge in [0.15, 0.2) is 0 Å². The highest BCUT2D eigenvalue weighted by molar-refractivity contribution is 7.88. The van der Waals surface area contributed by atoms with Gasteiger partial charge in [-0.2, -0.15) is 0 Å². The van der Waals surface area contributed by atoms with E-state index in [2.05, 4.69) is 15.0 Å². The molecule has 1 rings (SSSR count). The van der Waals surface area contributed by atoms with Crippen molar-refractivity contribution in [3.63, 3.8) is 0 Å². The van der Waals surface area contributed by atoms with Crippen molar-refractivity contribution in [3.05, 3.63) is 23.4 Å². The van der Waals surface area contributed by atoms with Crippen LogP contribution >= 0.6 is 0 Å². The van der Waals surface area contributed by atoms with Gasteiger partial charge in [0.25, 0.3) is 0 Å². The Bertz CT molecular complexity index is 557. The first-order valence-electron chi connectivity index (χ1n) is 5.74. The molecule has 106 valence electrons. The molecule has 0 aromatic carbocycles. The van der Waals surface area contributed by atoms with Crippen LogP contribution in [-0.4, -0.2) is 43.8 Å². The van der Waals surface area contributed by atoms with E-state index in [1.807, 2.05) is 6.92 Å². The van der Waals surface area contributed by atoms with Crippen LogP contribution in [0.4, 0.5) is 5.82 Å². The van der Waals surface area contributed by atoms with E-state index < -0.39 is 16.0 Å². The largest absolute Gasteiger partial charge is 0.478 e. The second-order valence-corrected chi connectivity index (χ2v) is 5.82. The SMILES string of the molecule is CCc1cc(C(=O)O)cc(NCCNS(C)(=O)=O)n1. The minimum atomic E-state index is -3.22. The first-order chi connectivity index (χ1) is 8.81. The quantitative estimate of drug-likeness (QED) is 0.623. The van der Waals surface area contributed by atoms with Crippen molar-refractivity contribution in [3.8, 4) is 0 Å². The van der Waals surface area contributed by atoms with Crippen LogP contribution < -0.4 is 10.0 Å². The van der Waals surface area contributed by atoms with Crippen LogP contribution in [0.25, 0.3) is 0 Å². The predicted molar refractivity (Wildman–Crippen MR) is 71.9 cm³/mol. The number of aromatic carboxylic acids is 1. The molecule has 0 aliphatic heterocycles. The van der Waals surface area contributed by atoms with Crippen molar-refractivity contribution in [2.75, 3.05) is 24.7 Å². The summed E-state index contributed by atoms with van der Waals surface area (Å²) in [5.74, 6) is -0.596. The van der Waals surface area contributed by atoms with Crippen molar-refractivity contribution in [2.24, 2.45) is 0 Å². The third-order valence-corrected chi connectivity index (χ3v) is 3.01. The van der Waals surface area contributed by atoms with Gasteiger partial charge in [-0.1, -0.05) is 6.92 Å². The fourth-order valence-corrected chi connectivity index (χ4v) is 1.88. The highest BCUT2D eigenvalue weighted by Gasteiger charge is 2.07. The number of sulfonamides is 1. The van der Waals surface area contributed by atoms with Gasteiger partial charge in [0, 0.05) is 18.8 Å². The van der Waals surface area contributed by atoms with Crippen LogP contribution in [0.1, 0.15) is 23.0 Å². The molecule has 0 fully saturated rings. The molecule has 1 aromatic heterocycles. The van der Waals surface area contributed by atoms with Gasteiger partial charge in [0.2, 0.25) is 10.0 Å². The van der Waals surface area contributed by atoms with Crippen molar-refractivity contribution >= 4 is 21.8 Å². The lowest BCUT2D eigenvalue weighted by Crippen LogP contribution is -2.27. The summed E-state index contributed by atoms with van der Waals surface area (Å²) < 4.78 is 24.0. The van der Waals surface area contributed by atoms with Gasteiger partial charge in [-0.25, -0.2) is 22.9 Å². The molecule has 0 spiro atoms. The summed E-state index contributed by atoms with van der Waals surface area (Å²) >= 11 is 0. The lowest BCUT2D eigenvalue weighted by Gasteiger charge is -2.08. The van der Waals surface area contributed by atoms with E-state index in [-0.39, 0.29) is 12.1 Å². The Morgan fingerprint density at radius 3 is 2.58 bits per heavy atom. The number of rotatable bonds is 7. The summed E-state index contributed by atoms with van der Waals surface area (Å²) in [5, 5.41) is 11.8. The molecule has 0 bridgehead atoms. The maximum absolute atomic E-state index is 10.9. The minimum absolute atomic E-state index is 0.158. The molecule has 0 saturated heterocycles. The molecule has 0 atom stereocenters. The Morgan fingerprint density at radius 2 is 2.05 bits per heavy atom. The van der Waals surface area contributed by atoms with E-state index in [0.29, 0.717) is 24.5 Å². The molecule has 0 saturated carbocycles. The molecule has 7 nitrogen and oxygen atoms in total. The van der Waals surface area contributed by atoms with Crippen molar-refractivity contribution in [1.82, 2.24) is 9.71 Å².